The third-order valence-corrected chi connectivity index (χ3v) is 7.34. The molecule has 10 nitrogen and oxygen atoms in total. The van der Waals surface area contributed by atoms with Gasteiger partial charge >= 0.3 is 15.2 Å². The summed E-state index contributed by atoms with van der Waals surface area (Å²) in [4.78, 5) is 19.7. The van der Waals surface area contributed by atoms with E-state index < -0.39 is 15.2 Å². The van der Waals surface area contributed by atoms with E-state index >= 15 is 0 Å². The van der Waals surface area contributed by atoms with E-state index in [9.17, 15) is 18.9 Å². The molecule has 2 atom stereocenters. The second-order valence-corrected chi connectivity index (χ2v) is 10.4. The molecule has 0 saturated heterocycles. The first kappa shape index (κ1) is 28.5. The fraction of sp³-hybridized carbons (Fsp3) is 0.455. The molecule has 0 amide bonds. The third-order valence-electron chi connectivity index (χ3n) is 4.26. The maximum absolute atomic E-state index is 12.1. The molecule has 0 heterocycles. The molecule has 0 radical (unpaired) electrons. The molecule has 0 aliphatic carbocycles. The predicted molar refractivity (Wildman–Crippen MR) is 128 cm³/mol. The molecule has 0 aliphatic rings. The first-order valence-electron chi connectivity index (χ1n) is 10.9. The van der Waals surface area contributed by atoms with Crippen molar-refractivity contribution in [1.82, 2.24) is 0 Å². The topological polar surface area (TPSA) is 130 Å². The van der Waals surface area contributed by atoms with Crippen LogP contribution in [-0.4, -0.2) is 62.6 Å². The van der Waals surface area contributed by atoms with Crippen molar-refractivity contribution < 1.29 is 46.9 Å². The lowest BCUT2D eigenvalue weighted by molar-refractivity contribution is 0.0274. The Kier molecular flexibility index (Phi) is 12.2. The molecule has 2 N–H and O–H groups in total. The second kappa shape index (κ2) is 14.6. The van der Waals surface area contributed by atoms with Crippen LogP contribution in [0.25, 0.3) is 0 Å². The normalized spacial score (nSPS) is 14.8. The highest BCUT2D eigenvalue weighted by Gasteiger charge is 2.23. The van der Waals surface area contributed by atoms with Crippen LogP contribution in [0.1, 0.15) is 13.8 Å². The van der Waals surface area contributed by atoms with Gasteiger partial charge in [-0.2, -0.15) is 0 Å². The van der Waals surface area contributed by atoms with E-state index in [1.807, 2.05) is 0 Å². The standard InChI is InChI=1S/C22H32O10P2/c1-3-31-33(23,24)21-9-5-7-19(17-21)29-15-13-27-11-12-28-14-16-30-20-8-6-10-22(18-20)34(25,26)32-4-2/h5-10,17-18H,3-4,11-16H2,1-2H3,(H,23,24)(H,25,26). The highest BCUT2D eigenvalue weighted by molar-refractivity contribution is 7.61. The maximum atomic E-state index is 12.1. The van der Waals surface area contributed by atoms with Gasteiger partial charge in [0.15, 0.2) is 0 Å². The summed E-state index contributed by atoms with van der Waals surface area (Å²) < 4.78 is 55.9. The molecule has 0 saturated carbocycles. The van der Waals surface area contributed by atoms with Crippen LogP contribution in [0.2, 0.25) is 0 Å². The molecule has 190 valence electrons. The van der Waals surface area contributed by atoms with Crippen molar-refractivity contribution in [2.24, 2.45) is 0 Å². The lowest BCUT2D eigenvalue weighted by Gasteiger charge is -2.13. The van der Waals surface area contributed by atoms with E-state index in [0.29, 0.717) is 37.9 Å². The van der Waals surface area contributed by atoms with Gasteiger partial charge in [-0.15, -0.1) is 0 Å². The summed E-state index contributed by atoms with van der Waals surface area (Å²) in [6.07, 6.45) is 0. The molecular weight excluding hydrogens is 486 g/mol. The Balaban J connectivity index is 1.57. The van der Waals surface area contributed by atoms with E-state index in [2.05, 4.69) is 0 Å². The zero-order chi connectivity index (χ0) is 24.9. The minimum atomic E-state index is -3.84. The molecule has 0 spiro atoms. The van der Waals surface area contributed by atoms with Gasteiger partial charge in [-0.05, 0) is 50.2 Å². The summed E-state index contributed by atoms with van der Waals surface area (Å²) in [5, 5.41) is 0.351. The average molecular weight is 518 g/mol. The fourth-order valence-electron chi connectivity index (χ4n) is 2.76. The molecule has 2 aromatic carbocycles. The van der Waals surface area contributed by atoms with Gasteiger partial charge in [0.05, 0.1) is 50.3 Å². The first-order chi connectivity index (χ1) is 16.3. The molecule has 34 heavy (non-hydrogen) atoms. The minimum Gasteiger partial charge on any atom is -0.491 e. The average Bonchev–Trinajstić information content (AvgIpc) is 2.80. The van der Waals surface area contributed by atoms with Gasteiger partial charge in [0.1, 0.15) is 24.7 Å². The summed E-state index contributed by atoms with van der Waals surface area (Å²) in [7, 11) is -7.67. The Labute approximate surface area is 199 Å². The molecule has 12 heteroatoms. The number of ether oxygens (including phenoxy) is 4. The quantitative estimate of drug-likeness (QED) is 0.238. The number of hydrogen-bond donors (Lipinski definition) is 2. The van der Waals surface area contributed by atoms with Crippen molar-refractivity contribution in [3.8, 4) is 11.5 Å². The first-order valence-corrected chi connectivity index (χ1v) is 14.0. The van der Waals surface area contributed by atoms with E-state index in [1.165, 1.54) is 24.3 Å². The van der Waals surface area contributed by atoms with Crippen molar-refractivity contribution >= 4 is 25.8 Å². The zero-order valence-corrected chi connectivity index (χ0v) is 21.1. The van der Waals surface area contributed by atoms with Crippen LogP contribution in [-0.2, 0) is 27.7 Å². The van der Waals surface area contributed by atoms with Crippen molar-refractivity contribution in [2.45, 2.75) is 13.8 Å². The van der Waals surface area contributed by atoms with Crippen molar-refractivity contribution in [3.05, 3.63) is 48.5 Å². The van der Waals surface area contributed by atoms with Gasteiger partial charge in [0.25, 0.3) is 0 Å². The summed E-state index contributed by atoms with van der Waals surface area (Å²) in [5.41, 5.74) is 0. The molecule has 0 aromatic heterocycles. The molecule has 0 aliphatic heterocycles. The second-order valence-electron chi connectivity index (χ2n) is 6.79. The monoisotopic (exact) mass is 518 g/mol. The lowest BCUT2D eigenvalue weighted by Crippen LogP contribution is -2.14. The highest BCUT2D eigenvalue weighted by Crippen LogP contribution is 2.41. The van der Waals surface area contributed by atoms with Crippen molar-refractivity contribution in [2.75, 3.05) is 52.9 Å². The Morgan fingerprint density at radius 1 is 0.647 bits per heavy atom. The summed E-state index contributed by atoms with van der Waals surface area (Å²) >= 11 is 0. The van der Waals surface area contributed by atoms with Crippen LogP contribution in [0, 0.1) is 0 Å². The Hall–Kier alpha value is -1.74. The van der Waals surface area contributed by atoms with E-state index in [4.69, 9.17) is 28.0 Å². The largest absolute Gasteiger partial charge is 0.491 e. The van der Waals surface area contributed by atoms with Gasteiger partial charge in [0, 0.05) is 0 Å². The van der Waals surface area contributed by atoms with Crippen LogP contribution < -0.4 is 20.1 Å². The molecule has 2 aromatic rings. The van der Waals surface area contributed by atoms with Gasteiger partial charge in [-0.3, -0.25) is 9.13 Å². The van der Waals surface area contributed by atoms with Crippen LogP contribution >= 0.6 is 15.2 Å². The SMILES string of the molecule is CCOP(=O)(O)c1cccc(OCCOCCOCCOc2cccc(P(=O)(O)OCC)c2)c1. The van der Waals surface area contributed by atoms with Crippen molar-refractivity contribution in [3.63, 3.8) is 0 Å². The Morgan fingerprint density at radius 2 is 1.03 bits per heavy atom. The molecule has 0 fully saturated rings. The fourth-order valence-corrected chi connectivity index (χ4v) is 4.88. The summed E-state index contributed by atoms with van der Waals surface area (Å²) in [6, 6.07) is 12.6. The van der Waals surface area contributed by atoms with Gasteiger partial charge in [-0.25, -0.2) is 0 Å². The van der Waals surface area contributed by atoms with Gasteiger partial charge in [0.2, 0.25) is 0 Å². The van der Waals surface area contributed by atoms with Crippen LogP contribution in [0.15, 0.2) is 48.5 Å². The number of hydrogen-bond acceptors (Lipinski definition) is 8. The van der Waals surface area contributed by atoms with E-state index in [1.54, 1.807) is 38.1 Å². The van der Waals surface area contributed by atoms with Gasteiger partial charge < -0.3 is 37.8 Å². The molecule has 2 rings (SSSR count). The molecular formula is C22H32O10P2. The minimum absolute atomic E-state index is 0.134. The highest BCUT2D eigenvalue weighted by atomic mass is 31.2. The lowest BCUT2D eigenvalue weighted by atomic mass is 10.3. The van der Waals surface area contributed by atoms with Crippen LogP contribution in [0.4, 0.5) is 0 Å². The van der Waals surface area contributed by atoms with Crippen LogP contribution in [0.5, 0.6) is 11.5 Å². The van der Waals surface area contributed by atoms with E-state index in [0.717, 1.165) is 0 Å². The molecule has 2 unspecified atom stereocenters. The Bertz CT molecular complexity index is 891. The summed E-state index contributed by atoms with van der Waals surface area (Å²) in [5.74, 6) is 0.901. The summed E-state index contributed by atoms with van der Waals surface area (Å²) in [6.45, 7) is 5.46. The maximum Gasteiger partial charge on any atom is 0.358 e. The third kappa shape index (κ3) is 9.86. The van der Waals surface area contributed by atoms with Crippen molar-refractivity contribution in [1.29, 1.82) is 0 Å². The van der Waals surface area contributed by atoms with Gasteiger partial charge in [-0.1, -0.05) is 12.1 Å². The zero-order valence-electron chi connectivity index (χ0n) is 19.3. The predicted octanol–water partition coefficient (Wildman–Crippen LogP) is 2.87. The number of rotatable bonds is 17. The smallest absolute Gasteiger partial charge is 0.358 e. The molecule has 0 bridgehead atoms. The van der Waals surface area contributed by atoms with E-state index in [-0.39, 0.29) is 37.0 Å². The van der Waals surface area contributed by atoms with Crippen LogP contribution in [0.3, 0.4) is 0 Å². The number of benzene rings is 2. The Morgan fingerprint density at radius 3 is 1.41 bits per heavy atom.